The highest BCUT2D eigenvalue weighted by Gasteiger charge is 2.30. The van der Waals surface area contributed by atoms with Crippen molar-refractivity contribution in [2.24, 2.45) is 4.99 Å². The highest BCUT2D eigenvalue weighted by molar-refractivity contribution is 14.0. The maximum Gasteiger partial charge on any atom is 0.416 e. The minimum atomic E-state index is -4.30. The molecule has 32 heavy (non-hydrogen) atoms. The minimum Gasteiger partial charge on any atom is -0.356 e. The number of hydrogen-bond donors (Lipinski definition) is 2. The van der Waals surface area contributed by atoms with Crippen LogP contribution in [0.3, 0.4) is 0 Å². The van der Waals surface area contributed by atoms with Crippen LogP contribution in [0.4, 0.5) is 13.2 Å². The van der Waals surface area contributed by atoms with E-state index in [2.05, 4.69) is 31.6 Å². The Labute approximate surface area is 204 Å². The number of aromatic nitrogens is 1. The van der Waals surface area contributed by atoms with Crippen LogP contribution < -0.4 is 10.6 Å². The molecule has 3 rings (SSSR count). The van der Waals surface area contributed by atoms with E-state index in [0.717, 1.165) is 56.6 Å². The first kappa shape index (κ1) is 26.4. The topological polar surface area (TPSA) is 52.6 Å². The number of nitrogens with zero attached hydrogens (tertiary/aromatic N) is 3. The number of rotatable bonds is 6. The lowest BCUT2D eigenvalue weighted by Crippen LogP contribution is -2.48. The fraction of sp³-hybridized carbons (Fsp3) is 0.478. The maximum absolute atomic E-state index is 12.9. The molecule has 176 valence electrons. The van der Waals surface area contributed by atoms with Gasteiger partial charge < -0.3 is 10.6 Å². The second kappa shape index (κ2) is 12.4. The van der Waals surface area contributed by atoms with Gasteiger partial charge in [-0.05, 0) is 49.4 Å². The van der Waals surface area contributed by atoms with Crippen LogP contribution in [0.1, 0.15) is 35.2 Å². The van der Waals surface area contributed by atoms with Crippen LogP contribution in [0.15, 0.2) is 47.6 Å². The van der Waals surface area contributed by atoms with E-state index < -0.39 is 11.7 Å². The van der Waals surface area contributed by atoms with Gasteiger partial charge in [0, 0.05) is 51.2 Å². The smallest absolute Gasteiger partial charge is 0.356 e. The Bertz CT molecular complexity index is 863. The molecule has 1 aliphatic rings. The molecule has 2 aromatic rings. The highest BCUT2D eigenvalue weighted by Crippen LogP contribution is 2.30. The predicted molar refractivity (Wildman–Crippen MR) is 132 cm³/mol. The van der Waals surface area contributed by atoms with Gasteiger partial charge in [0.05, 0.1) is 5.56 Å². The first-order valence-electron chi connectivity index (χ1n) is 10.6. The second-order valence-corrected chi connectivity index (χ2v) is 7.95. The Morgan fingerprint density at radius 1 is 1.16 bits per heavy atom. The van der Waals surface area contributed by atoms with E-state index >= 15 is 0 Å². The number of alkyl halides is 3. The molecule has 0 aliphatic carbocycles. The normalized spacial score (nSPS) is 15.8. The molecule has 0 amide bonds. The third-order valence-corrected chi connectivity index (χ3v) is 5.49. The molecule has 5 nitrogen and oxygen atoms in total. The van der Waals surface area contributed by atoms with Crippen molar-refractivity contribution < 1.29 is 13.2 Å². The Morgan fingerprint density at radius 2 is 1.91 bits per heavy atom. The number of nitrogens with one attached hydrogen (secondary N) is 2. The average molecular weight is 561 g/mol. The summed E-state index contributed by atoms with van der Waals surface area (Å²) in [4.78, 5) is 10.8. The molecule has 9 heteroatoms. The molecule has 1 aromatic heterocycles. The van der Waals surface area contributed by atoms with Gasteiger partial charge >= 0.3 is 6.18 Å². The molecule has 1 aromatic carbocycles. The van der Waals surface area contributed by atoms with Crippen molar-refractivity contribution in [1.29, 1.82) is 0 Å². The number of likely N-dealkylation sites (tertiary alicyclic amines) is 1. The Morgan fingerprint density at radius 3 is 2.53 bits per heavy atom. The van der Waals surface area contributed by atoms with Gasteiger partial charge in [0.15, 0.2) is 5.96 Å². The lowest BCUT2D eigenvalue weighted by Gasteiger charge is -2.33. The van der Waals surface area contributed by atoms with Gasteiger partial charge in [0.1, 0.15) is 0 Å². The molecule has 0 unspecified atom stereocenters. The van der Waals surface area contributed by atoms with Gasteiger partial charge in [-0.25, -0.2) is 0 Å². The quantitative estimate of drug-likeness (QED) is 0.312. The fourth-order valence-corrected chi connectivity index (χ4v) is 3.70. The van der Waals surface area contributed by atoms with Crippen LogP contribution >= 0.6 is 24.0 Å². The van der Waals surface area contributed by atoms with E-state index in [9.17, 15) is 13.2 Å². The Hall–Kier alpha value is -1.88. The zero-order valence-corrected chi connectivity index (χ0v) is 20.8. The minimum absolute atomic E-state index is 0. The Balaban J connectivity index is 0.00000363. The lowest BCUT2D eigenvalue weighted by molar-refractivity contribution is -0.137. The molecule has 0 spiro atoms. The van der Waals surface area contributed by atoms with Gasteiger partial charge in [0.2, 0.25) is 0 Å². The summed E-state index contributed by atoms with van der Waals surface area (Å²) < 4.78 is 38.7. The number of aliphatic imine (C=N–C) groups is 1. The molecule has 2 N–H and O–H groups in total. The van der Waals surface area contributed by atoms with E-state index in [1.165, 1.54) is 17.7 Å². The van der Waals surface area contributed by atoms with Crippen molar-refractivity contribution in [3.8, 4) is 0 Å². The molecule has 0 atom stereocenters. The Kier molecular flexibility index (Phi) is 10.2. The average Bonchev–Trinajstić information content (AvgIpc) is 2.75. The van der Waals surface area contributed by atoms with Gasteiger partial charge in [-0.2, -0.15) is 13.2 Å². The first-order valence-corrected chi connectivity index (χ1v) is 10.6. The van der Waals surface area contributed by atoms with Gasteiger partial charge in [-0.1, -0.05) is 24.3 Å². The fourth-order valence-electron chi connectivity index (χ4n) is 3.70. The van der Waals surface area contributed by atoms with Crippen LogP contribution in [0.25, 0.3) is 0 Å². The summed E-state index contributed by atoms with van der Waals surface area (Å²) >= 11 is 0. The van der Waals surface area contributed by atoms with Gasteiger partial charge in [-0.15, -0.1) is 24.0 Å². The number of aryl methyl sites for hydroxylation is 1. The second-order valence-electron chi connectivity index (χ2n) is 7.95. The first-order chi connectivity index (χ1) is 14.8. The third kappa shape index (κ3) is 8.23. The number of piperidine rings is 1. The summed E-state index contributed by atoms with van der Waals surface area (Å²) in [7, 11) is 1.76. The van der Waals surface area contributed by atoms with E-state index in [1.807, 2.05) is 19.2 Å². The molecule has 0 saturated carbocycles. The van der Waals surface area contributed by atoms with E-state index in [-0.39, 0.29) is 24.0 Å². The number of guanidine groups is 1. The third-order valence-electron chi connectivity index (χ3n) is 5.49. The molecule has 1 aliphatic heterocycles. The van der Waals surface area contributed by atoms with Crippen molar-refractivity contribution in [2.75, 3.05) is 26.7 Å². The van der Waals surface area contributed by atoms with Crippen LogP contribution in [-0.4, -0.2) is 48.6 Å². The zero-order valence-electron chi connectivity index (χ0n) is 18.5. The SMILES string of the molecule is CN=C(NCCc1ccc(C)nc1)NC1CCN(Cc2cccc(C(F)(F)F)c2)CC1.I. The summed E-state index contributed by atoms with van der Waals surface area (Å²) in [6, 6.07) is 10.00. The number of benzene rings is 1. The van der Waals surface area contributed by atoms with Crippen molar-refractivity contribution in [1.82, 2.24) is 20.5 Å². The van der Waals surface area contributed by atoms with E-state index in [1.54, 1.807) is 13.1 Å². The highest BCUT2D eigenvalue weighted by atomic mass is 127. The standard InChI is InChI=1S/C23H30F3N5.HI/c1-17-6-7-18(15-29-17)8-11-28-22(27-2)30-21-9-12-31(13-10-21)16-19-4-3-5-20(14-19)23(24,25)26;/h3-7,14-15,21H,8-13,16H2,1-2H3,(H2,27,28,30);1H. The zero-order chi connectivity index (χ0) is 22.3. The molecule has 0 radical (unpaired) electrons. The molecule has 1 saturated heterocycles. The summed E-state index contributed by atoms with van der Waals surface area (Å²) in [5.74, 6) is 0.774. The van der Waals surface area contributed by atoms with Crippen molar-refractivity contribution in [3.05, 3.63) is 65.0 Å². The van der Waals surface area contributed by atoms with Crippen molar-refractivity contribution in [2.45, 2.75) is 44.9 Å². The monoisotopic (exact) mass is 561 g/mol. The van der Waals surface area contributed by atoms with Crippen molar-refractivity contribution in [3.63, 3.8) is 0 Å². The van der Waals surface area contributed by atoms with E-state index in [0.29, 0.717) is 18.2 Å². The number of halogens is 4. The largest absolute Gasteiger partial charge is 0.416 e. The molecular formula is C23H31F3IN5. The summed E-state index contributed by atoms with van der Waals surface area (Å²) in [6.07, 6.45) is 0.297. The van der Waals surface area contributed by atoms with Crippen molar-refractivity contribution >= 4 is 29.9 Å². The summed E-state index contributed by atoms with van der Waals surface area (Å²) in [5, 5.41) is 6.80. The van der Waals surface area contributed by atoms with Crippen LogP contribution in [0.5, 0.6) is 0 Å². The molecule has 2 heterocycles. The summed E-state index contributed by atoms with van der Waals surface area (Å²) in [6.45, 7) is 4.94. The van der Waals surface area contributed by atoms with Crippen LogP contribution in [-0.2, 0) is 19.1 Å². The van der Waals surface area contributed by atoms with Crippen LogP contribution in [0.2, 0.25) is 0 Å². The number of pyridine rings is 1. The van der Waals surface area contributed by atoms with Gasteiger partial charge in [0.25, 0.3) is 0 Å². The summed E-state index contributed by atoms with van der Waals surface area (Å²) in [5.41, 5.74) is 2.30. The van der Waals surface area contributed by atoms with Crippen LogP contribution in [0, 0.1) is 6.92 Å². The number of hydrogen-bond acceptors (Lipinski definition) is 3. The molecule has 1 fully saturated rings. The van der Waals surface area contributed by atoms with E-state index in [4.69, 9.17) is 0 Å². The van der Waals surface area contributed by atoms with Gasteiger partial charge in [-0.3, -0.25) is 14.9 Å². The molecule has 0 bridgehead atoms. The predicted octanol–water partition coefficient (Wildman–Crippen LogP) is 4.40. The maximum atomic E-state index is 12.9. The lowest BCUT2D eigenvalue weighted by atomic mass is 10.0. The molecular weight excluding hydrogens is 530 g/mol.